The van der Waals surface area contributed by atoms with Crippen molar-refractivity contribution in [1.29, 1.82) is 0 Å². The molecule has 8 nitrogen and oxygen atoms in total. The van der Waals surface area contributed by atoms with Gasteiger partial charge in [0.1, 0.15) is 0 Å². The van der Waals surface area contributed by atoms with Gasteiger partial charge in [0.25, 0.3) is 5.89 Å². The van der Waals surface area contributed by atoms with Crippen LogP contribution in [0.15, 0.2) is 10.1 Å². The Morgan fingerprint density at radius 3 is 2.36 bits per heavy atom. The van der Waals surface area contributed by atoms with Crippen molar-refractivity contribution < 1.29 is 24.3 Å². The summed E-state index contributed by atoms with van der Waals surface area (Å²) in [4.78, 5) is 25.0. The van der Waals surface area contributed by atoms with Gasteiger partial charge in [0.2, 0.25) is 0 Å². The van der Waals surface area contributed by atoms with E-state index in [1.807, 2.05) is 6.92 Å². The highest BCUT2D eigenvalue weighted by atomic mass is 16.5. The standard InChI is InChI=1S/C12H17N3O.C2H2O4/c1-2-11-13-12(16-14-11)7-10-8-15-5-3-9(10)4-6-15;3-1(4)2(5)6/h7,9H,2-6,8H2,1H3;(H,3,4)(H,5,6). The molecule has 8 heteroatoms. The lowest BCUT2D eigenvalue weighted by Gasteiger charge is -2.40. The third-order valence-corrected chi connectivity index (χ3v) is 3.81. The fraction of sp³-hybridized carbons (Fsp3) is 0.571. The molecule has 0 unspecified atom stereocenters. The Balaban J connectivity index is 0.000000254. The zero-order valence-electron chi connectivity index (χ0n) is 12.4. The topological polar surface area (TPSA) is 117 Å². The summed E-state index contributed by atoms with van der Waals surface area (Å²) in [5, 5.41) is 18.7. The van der Waals surface area contributed by atoms with Gasteiger partial charge < -0.3 is 14.7 Å². The molecule has 4 rings (SSSR count). The molecule has 1 aromatic heterocycles. The molecule has 3 saturated heterocycles. The van der Waals surface area contributed by atoms with Crippen LogP contribution in [0, 0.1) is 5.92 Å². The molecular weight excluding hydrogens is 290 g/mol. The van der Waals surface area contributed by atoms with Gasteiger partial charge in [-0.05, 0) is 37.4 Å². The minimum atomic E-state index is -1.82. The van der Waals surface area contributed by atoms with Crippen molar-refractivity contribution in [3.63, 3.8) is 0 Å². The van der Waals surface area contributed by atoms with Crippen molar-refractivity contribution >= 4 is 18.0 Å². The molecule has 0 atom stereocenters. The van der Waals surface area contributed by atoms with Gasteiger partial charge >= 0.3 is 11.9 Å². The Bertz CT molecular complexity index is 561. The summed E-state index contributed by atoms with van der Waals surface area (Å²) in [5.74, 6) is -1.42. The largest absolute Gasteiger partial charge is 0.473 e. The Kier molecular flexibility index (Phi) is 5.26. The summed E-state index contributed by atoms with van der Waals surface area (Å²) in [5.41, 5.74) is 1.48. The zero-order valence-corrected chi connectivity index (χ0v) is 12.4. The molecule has 0 spiro atoms. The van der Waals surface area contributed by atoms with Crippen molar-refractivity contribution in [2.24, 2.45) is 5.92 Å². The predicted molar refractivity (Wildman–Crippen MR) is 76.1 cm³/mol. The maximum atomic E-state index is 9.10. The van der Waals surface area contributed by atoms with Gasteiger partial charge in [0.15, 0.2) is 5.82 Å². The van der Waals surface area contributed by atoms with E-state index < -0.39 is 11.9 Å². The van der Waals surface area contributed by atoms with E-state index in [4.69, 9.17) is 24.3 Å². The molecule has 0 radical (unpaired) electrons. The first-order valence-electron chi connectivity index (χ1n) is 7.21. The number of carbonyl (C=O) groups is 2. The predicted octanol–water partition coefficient (Wildman–Crippen LogP) is 0.897. The van der Waals surface area contributed by atoms with Gasteiger partial charge in [-0.25, -0.2) is 9.59 Å². The molecule has 2 N–H and O–H groups in total. The van der Waals surface area contributed by atoms with Gasteiger partial charge in [-0.2, -0.15) is 4.98 Å². The van der Waals surface area contributed by atoms with Crippen molar-refractivity contribution in [3.05, 3.63) is 17.3 Å². The van der Waals surface area contributed by atoms with Crippen molar-refractivity contribution in [2.75, 3.05) is 19.6 Å². The Labute approximate surface area is 127 Å². The number of hydrogen-bond acceptors (Lipinski definition) is 6. The van der Waals surface area contributed by atoms with Gasteiger partial charge in [-0.3, -0.25) is 4.90 Å². The Morgan fingerprint density at radius 2 is 1.95 bits per heavy atom. The van der Waals surface area contributed by atoms with Crippen molar-refractivity contribution in [3.8, 4) is 0 Å². The van der Waals surface area contributed by atoms with Crippen LogP contribution in [0.5, 0.6) is 0 Å². The number of piperidine rings is 3. The van der Waals surface area contributed by atoms with Crippen LogP contribution < -0.4 is 0 Å². The van der Waals surface area contributed by atoms with Crippen LogP contribution in [0.2, 0.25) is 0 Å². The average Bonchev–Trinajstić information content (AvgIpc) is 2.96. The van der Waals surface area contributed by atoms with Crippen molar-refractivity contribution in [1.82, 2.24) is 15.0 Å². The number of rotatable bonds is 2. The van der Waals surface area contributed by atoms with Crippen LogP contribution in [0.25, 0.3) is 6.08 Å². The lowest BCUT2D eigenvalue weighted by Crippen LogP contribution is -2.42. The molecule has 120 valence electrons. The first-order chi connectivity index (χ1) is 10.5. The van der Waals surface area contributed by atoms with E-state index in [1.165, 1.54) is 31.5 Å². The van der Waals surface area contributed by atoms with E-state index in [0.717, 1.165) is 24.7 Å². The normalized spacial score (nSPS) is 24.7. The second-order valence-corrected chi connectivity index (χ2v) is 5.28. The summed E-state index contributed by atoms with van der Waals surface area (Å²) >= 11 is 0. The molecule has 3 fully saturated rings. The highest BCUT2D eigenvalue weighted by Crippen LogP contribution is 2.32. The fourth-order valence-corrected chi connectivity index (χ4v) is 2.64. The summed E-state index contributed by atoms with van der Waals surface area (Å²) < 4.78 is 5.21. The minimum Gasteiger partial charge on any atom is -0.473 e. The van der Waals surface area contributed by atoms with Crippen LogP contribution >= 0.6 is 0 Å². The number of aliphatic carboxylic acids is 2. The van der Waals surface area contributed by atoms with Crippen LogP contribution in [-0.4, -0.2) is 56.8 Å². The van der Waals surface area contributed by atoms with E-state index in [2.05, 4.69) is 21.1 Å². The van der Waals surface area contributed by atoms with Crippen molar-refractivity contribution in [2.45, 2.75) is 26.2 Å². The minimum absolute atomic E-state index is 0.681. The monoisotopic (exact) mass is 309 g/mol. The third-order valence-electron chi connectivity index (χ3n) is 3.81. The molecule has 4 heterocycles. The second-order valence-electron chi connectivity index (χ2n) is 5.28. The van der Waals surface area contributed by atoms with Crippen LogP contribution in [0.3, 0.4) is 0 Å². The molecule has 0 amide bonds. The Hall–Kier alpha value is -2.22. The van der Waals surface area contributed by atoms with Crippen LogP contribution in [0.4, 0.5) is 0 Å². The maximum absolute atomic E-state index is 9.10. The van der Waals surface area contributed by atoms with E-state index >= 15 is 0 Å². The maximum Gasteiger partial charge on any atom is 0.414 e. The zero-order chi connectivity index (χ0) is 16.1. The number of aryl methyl sites for hydroxylation is 1. The molecule has 0 saturated carbocycles. The SMILES string of the molecule is CCc1noc(C=C2CN3CCC2CC3)n1.O=C(O)C(=O)O. The smallest absolute Gasteiger partial charge is 0.414 e. The van der Waals surface area contributed by atoms with Gasteiger partial charge in [0, 0.05) is 19.0 Å². The molecular formula is C14H19N3O5. The summed E-state index contributed by atoms with van der Waals surface area (Å²) in [7, 11) is 0. The molecule has 3 aliphatic rings. The molecule has 3 aliphatic heterocycles. The summed E-state index contributed by atoms with van der Waals surface area (Å²) in [6.07, 6.45) is 5.52. The molecule has 0 aliphatic carbocycles. The lowest BCUT2D eigenvalue weighted by molar-refractivity contribution is -0.159. The molecule has 0 aromatic carbocycles. The second kappa shape index (κ2) is 7.17. The highest BCUT2D eigenvalue weighted by molar-refractivity contribution is 6.27. The first-order valence-corrected chi connectivity index (χ1v) is 7.21. The number of nitrogens with zero attached hydrogens (tertiary/aromatic N) is 3. The number of aromatic nitrogens is 2. The number of carboxylic acids is 2. The van der Waals surface area contributed by atoms with E-state index in [0.29, 0.717) is 5.89 Å². The lowest BCUT2D eigenvalue weighted by atomic mass is 9.83. The van der Waals surface area contributed by atoms with E-state index in [-0.39, 0.29) is 0 Å². The quantitative estimate of drug-likeness (QED) is 0.774. The summed E-state index contributed by atoms with van der Waals surface area (Å²) in [6.45, 7) is 5.64. The third kappa shape index (κ3) is 4.14. The number of carboxylic acid groups (broad SMARTS) is 2. The molecule has 1 aromatic rings. The molecule has 22 heavy (non-hydrogen) atoms. The van der Waals surface area contributed by atoms with Gasteiger partial charge in [-0.1, -0.05) is 12.1 Å². The van der Waals surface area contributed by atoms with Crippen LogP contribution in [0.1, 0.15) is 31.5 Å². The van der Waals surface area contributed by atoms with Crippen LogP contribution in [-0.2, 0) is 16.0 Å². The van der Waals surface area contributed by atoms with Gasteiger partial charge in [0.05, 0.1) is 0 Å². The first kappa shape index (κ1) is 16.2. The Morgan fingerprint density at radius 1 is 1.32 bits per heavy atom. The fourth-order valence-electron chi connectivity index (χ4n) is 2.64. The van der Waals surface area contributed by atoms with E-state index in [9.17, 15) is 0 Å². The summed E-state index contributed by atoms with van der Waals surface area (Å²) in [6, 6.07) is 0. The number of hydrogen-bond donors (Lipinski definition) is 2. The number of fused-ring (bicyclic) bond motifs is 3. The average molecular weight is 309 g/mol. The molecule has 2 bridgehead atoms. The highest BCUT2D eigenvalue weighted by Gasteiger charge is 2.29. The van der Waals surface area contributed by atoms with E-state index in [1.54, 1.807) is 0 Å². The van der Waals surface area contributed by atoms with Gasteiger partial charge in [-0.15, -0.1) is 0 Å².